The van der Waals surface area contributed by atoms with Crippen molar-refractivity contribution in [1.29, 1.82) is 0 Å². The van der Waals surface area contributed by atoms with Crippen LogP contribution in [-0.2, 0) is 4.79 Å². The molecule has 1 aliphatic heterocycles. The SMILES string of the molecule is CC(NC(=O)C1(C(F)(F)F)CCNC1)C1CCC1. The van der Waals surface area contributed by atoms with Gasteiger partial charge in [-0.2, -0.15) is 13.2 Å². The van der Waals surface area contributed by atoms with E-state index in [0.717, 1.165) is 19.3 Å². The first-order chi connectivity index (χ1) is 8.37. The fourth-order valence-corrected chi connectivity index (χ4v) is 2.66. The van der Waals surface area contributed by atoms with Crippen LogP contribution in [0.25, 0.3) is 0 Å². The van der Waals surface area contributed by atoms with E-state index >= 15 is 0 Å². The lowest BCUT2D eigenvalue weighted by molar-refractivity contribution is -0.216. The summed E-state index contributed by atoms with van der Waals surface area (Å²) >= 11 is 0. The quantitative estimate of drug-likeness (QED) is 0.816. The van der Waals surface area contributed by atoms with Crippen LogP contribution in [0.5, 0.6) is 0 Å². The number of rotatable bonds is 3. The normalized spacial score (nSPS) is 30.9. The Morgan fingerprint density at radius 1 is 1.44 bits per heavy atom. The first-order valence-electron chi connectivity index (χ1n) is 6.45. The third-order valence-corrected chi connectivity index (χ3v) is 4.35. The minimum atomic E-state index is -4.49. The second kappa shape index (κ2) is 4.72. The second-order valence-corrected chi connectivity index (χ2v) is 5.46. The third kappa shape index (κ3) is 2.22. The largest absolute Gasteiger partial charge is 0.404 e. The highest BCUT2D eigenvalue weighted by Crippen LogP contribution is 2.43. The lowest BCUT2D eigenvalue weighted by atomic mass is 9.79. The molecule has 2 rings (SSSR count). The number of hydrogen-bond donors (Lipinski definition) is 2. The molecule has 0 spiro atoms. The van der Waals surface area contributed by atoms with Gasteiger partial charge in [-0.3, -0.25) is 4.79 Å². The van der Waals surface area contributed by atoms with Gasteiger partial charge in [0, 0.05) is 12.6 Å². The molecule has 0 aromatic carbocycles. The summed E-state index contributed by atoms with van der Waals surface area (Å²) in [6.07, 6.45) is -1.55. The van der Waals surface area contributed by atoms with E-state index in [1.165, 1.54) is 0 Å². The lowest BCUT2D eigenvalue weighted by Crippen LogP contribution is -2.55. The maximum atomic E-state index is 13.1. The molecule has 0 radical (unpaired) electrons. The van der Waals surface area contributed by atoms with Crippen molar-refractivity contribution >= 4 is 5.91 Å². The maximum absolute atomic E-state index is 13.1. The van der Waals surface area contributed by atoms with Gasteiger partial charge in [0.25, 0.3) is 0 Å². The fraction of sp³-hybridized carbons (Fsp3) is 0.917. The zero-order valence-corrected chi connectivity index (χ0v) is 10.4. The van der Waals surface area contributed by atoms with E-state index in [9.17, 15) is 18.0 Å². The summed E-state index contributed by atoms with van der Waals surface area (Å²) in [5.41, 5.74) is -2.23. The molecule has 18 heavy (non-hydrogen) atoms. The zero-order chi connectivity index (χ0) is 13.4. The first kappa shape index (κ1) is 13.6. The van der Waals surface area contributed by atoms with Crippen molar-refractivity contribution in [3.63, 3.8) is 0 Å². The average Bonchev–Trinajstić information content (AvgIpc) is 2.62. The summed E-state index contributed by atoms with van der Waals surface area (Å²) < 4.78 is 39.3. The van der Waals surface area contributed by atoms with Crippen LogP contribution < -0.4 is 10.6 Å². The Morgan fingerprint density at radius 3 is 2.50 bits per heavy atom. The van der Waals surface area contributed by atoms with Crippen LogP contribution in [0, 0.1) is 11.3 Å². The predicted octanol–water partition coefficient (Wildman–Crippen LogP) is 1.83. The molecule has 104 valence electrons. The highest BCUT2D eigenvalue weighted by Gasteiger charge is 2.61. The minimum absolute atomic E-state index is 0.161. The molecular formula is C12H19F3N2O. The Balaban J connectivity index is 2.04. The van der Waals surface area contributed by atoms with Gasteiger partial charge in [-0.25, -0.2) is 0 Å². The van der Waals surface area contributed by atoms with Crippen molar-refractivity contribution in [2.45, 2.75) is 44.8 Å². The van der Waals surface area contributed by atoms with Gasteiger partial charge in [0.05, 0.1) is 0 Å². The van der Waals surface area contributed by atoms with E-state index in [1.807, 2.05) is 0 Å². The van der Waals surface area contributed by atoms with E-state index < -0.39 is 17.5 Å². The number of carbonyl (C=O) groups excluding carboxylic acids is 1. The maximum Gasteiger partial charge on any atom is 0.404 e. The molecule has 6 heteroatoms. The molecule has 3 nitrogen and oxygen atoms in total. The molecule has 1 heterocycles. The number of halogens is 3. The van der Waals surface area contributed by atoms with Crippen molar-refractivity contribution in [3.8, 4) is 0 Å². The van der Waals surface area contributed by atoms with Crippen LogP contribution in [0.2, 0.25) is 0 Å². The van der Waals surface area contributed by atoms with Gasteiger partial charge < -0.3 is 10.6 Å². The van der Waals surface area contributed by atoms with Gasteiger partial charge in [-0.15, -0.1) is 0 Å². The molecule has 1 saturated carbocycles. The van der Waals surface area contributed by atoms with E-state index in [0.29, 0.717) is 5.92 Å². The molecule has 2 atom stereocenters. The Labute approximate surface area is 104 Å². The fourth-order valence-electron chi connectivity index (χ4n) is 2.66. The number of hydrogen-bond acceptors (Lipinski definition) is 2. The molecular weight excluding hydrogens is 245 g/mol. The van der Waals surface area contributed by atoms with Crippen molar-refractivity contribution < 1.29 is 18.0 Å². The van der Waals surface area contributed by atoms with Crippen LogP contribution in [-0.4, -0.2) is 31.2 Å². The molecule has 2 N–H and O–H groups in total. The van der Waals surface area contributed by atoms with Crippen LogP contribution in [0.3, 0.4) is 0 Å². The molecule has 1 aliphatic carbocycles. The van der Waals surface area contributed by atoms with Crippen LogP contribution >= 0.6 is 0 Å². The number of amides is 1. The predicted molar refractivity (Wildman–Crippen MR) is 60.9 cm³/mol. The second-order valence-electron chi connectivity index (χ2n) is 5.46. The average molecular weight is 264 g/mol. The molecule has 0 bridgehead atoms. The number of carbonyl (C=O) groups is 1. The zero-order valence-electron chi connectivity index (χ0n) is 10.4. The summed E-state index contributed by atoms with van der Waals surface area (Å²) in [6.45, 7) is 1.73. The Morgan fingerprint density at radius 2 is 2.11 bits per heavy atom. The van der Waals surface area contributed by atoms with E-state index in [2.05, 4.69) is 10.6 Å². The van der Waals surface area contributed by atoms with Gasteiger partial charge in [-0.1, -0.05) is 6.42 Å². The summed E-state index contributed by atoms with van der Waals surface area (Å²) in [7, 11) is 0. The van der Waals surface area contributed by atoms with Gasteiger partial charge in [-0.05, 0) is 38.6 Å². The van der Waals surface area contributed by atoms with Crippen LogP contribution in [0.4, 0.5) is 13.2 Å². The van der Waals surface area contributed by atoms with Crippen molar-refractivity contribution in [2.75, 3.05) is 13.1 Å². The summed E-state index contributed by atoms with van der Waals surface area (Å²) in [5, 5.41) is 5.22. The Hall–Kier alpha value is -0.780. The highest BCUT2D eigenvalue weighted by molar-refractivity contribution is 5.84. The first-order valence-corrected chi connectivity index (χ1v) is 6.45. The molecule has 2 aliphatic rings. The molecule has 2 unspecified atom stereocenters. The molecule has 1 saturated heterocycles. The van der Waals surface area contributed by atoms with E-state index in [1.54, 1.807) is 6.92 Å². The molecule has 0 aromatic rings. The topological polar surface area (TPSA) is 41.1 Å². The standard InChI is InChI=1S/C12H19F3N2O/c1-8(9-3-2-4-9)17-10(18)11(12(13,14)15)5-6-16-7-11/h8-9,16H,2-7H2,1H3,(H,17,18). The number of nitrogens with one attached hydrogen (secondary N) is 2. The smallest absolute Gasteiger partial charge is 0.353 e. The summed E-state index contributed by atoms with van der Waals surface area (Å²) in [5.74, 6) is -0.520. The van der Waals surface area contributed by atoms with Crippen molar-refractivity contribution in [2.24, 2.45) is 11.3 Å². The minimum Gasteiger partial charge on any atom is -0.353 e. The van der Waals surface area contributed by atoms with Crippen LogP contribution in [0.1, 0.15) is 32.6 Å². The number of alkyl halides is 3. The van der Waals surface area contributed by atoms with Crippen molar-refractivity contribution in [1.82, 2.24) is 10.6 Å². The van der Waals surface area contributed by atoms with Crippen molar-refractivity contribution in [3.05, 3.63) is 0 Å². The van der Waals surface area contributed by atoms with Crippen LogP contribution in [0.15, 0.2) is 0 Å². The molecule has 0 aromatic heterocycles. The third-order valence-electron chi connectivity index (χ3n) is 4.35. The van der Waals surface area contributed by atoms with Gasteiger partial charge in [0.15, 0.2) is 5.41 Å². The monoisotopic (exact) mass is 264 g/mol. The molecule has 2 fully saturated rings. The highest BCUT2D eigenvalue weighted by atomic mass is 19.4. The van der Waals surface area contributed by atoms with E-state index in [4.69, 9.17) is 0 Å². The summed E-state index contributed by atoms with van der Waals surface area (Å²) in [4.78, 5) is 12.0. The van der Waals surface area contributed by atoms with Gasteiger partial charge >= 0.3 is 6.18 Å². The van der Waals surface area contributed by atoms with Gasteiger partial charge in [0.1, 0.15) is 0 Å². The van der Waals surface area contributed by atoms with Gasteiger partial charge in [0.2, 0.25) is 5.91 Å². The lowest BCUT2D eigenvalue weighted by Gasteiger charge is -2.36. The van der Waals surface area contributed by atoms with E-state index in [-0.39, 0.29) is 25.6 Å². The Bertz CT molecular complexity index is 320. The Kier molecular flexibility index (Phi) is 3.58. The summed E-state index contributed by atoms with van der Waals surface area (Å²) in [6, 6.07) is -0.161. The molecule has 1 amide bonds.